The maximum Gasteiger partial charge on any atom is 0.416 e. The molecule has 1 heterocycles. The second-order valence-corrected chi connectivity index (χ2v) is 3.69. The molecule has 0 radical (unpaired) electrons. The molecule has 0 atom stereocenters. The molecule has 3 nitrogen and oxygen atoms in total. The summed E-state index contributed by atoms with van der Waals surface area (Å²) in [6.07, 6.45) is -4.65. The second kappa shape index (κ2) is 4.40. The minimum atomic E-state index is -4.49. The monoisotopic (exact) mass is 260 g/mol. The van der Waals surface area contributed by atoms with E-state index in [4.69, 9.17) is 0 Å². The zero-order valence-corrected chi connectivity index (χ0v) is 9.01. The van der Waals surface area contributed by atoms with Crippen LogP contribution in [0, 0.1) is 0 Å². The molecule has 1 aromatic carbocycles. The lowest BCUT2D eigenvalue weighted by Gasteiger charge is -2.09. The predicted octanol–water partition coefficient (Wildman–Crippen LogP) is 2.45. The molecular weight excluding hydrogens is 252 g/mol. The molecule has 0 spiro atoms. The highest BCUT2D eigenvalue weighted by Gasteiger charge is 2.30. The molecule has 96 valence electrons. The Morgan fingerprint density at radius 2 is 2.00 bits per heavy atom. The predicted molar refractivity (Wildman–Crippen MR) is 57.0 cm³/mol. The Bertz CT molecular complexity index is 633. The number of aryl methyl sites for hydroxylation is 1. The summed E-state index contributed by atoms with van der Waals surface area (Å²) in [5.74, 6) is 0. The third-order valence-corrected chi connectivity index (χ3v) is 2.47. The van der Waals surface area contributed by atoms with Crippen LogP contribution in [0.25, 0.3) is 10.9 Å². The fraction of sp³-hybridized carbons (Fsp3) is 0.273. The van der Waals surface area contributed by atoms with Crippen molar-refractivity contribution in [2.75, 3.05) is 6.67 Å². The molecule has 2 rings (SSSR count). The van der Waals surface area contributed by atoms with Gasteiger partial charge in [-0.25, -0.2) is 4.79 Å². The van der Waals surface area contributed by atoms with Gasteiger partial charge >= 0.3 is 11.9 Å². The molecule has 0 saturated heterocycles. The number of hydrogen-bond acceptors (Lipinski definition) is 2. The summed E-state index contributed by atoms with van der Waals surface area (Å²) in [5.41, 5.74) is -1.32. The topological polar surface area (TPSA) is 45.8 Å². The van der Waals surface area contributed by atoms with Gasteiger partial charge in [0.2, 0.25) is 0 Å². The van der Waals surface area contributed by atoms with Gasteiger partial charge in [-0.3, -0.25) is 4.39 Å². The molecule has 18 heavy (non-hydrogen) atoms. The maximum atomic E-state index is 12.5. The van der Waals surface area contributed by atoms with Crippen LogP contribution in [0.15, 0.2) is 23.0 Å². The zero-order valence-electron chi connectivity index (χ0n) is 9.01. The molecule has 0 aliphatic rings. The number of aromatic nitrogens is 2. The third kappa shape index (κ3) is 2.34. The van der Waals surface area contributed by atoms with Crippen LogP contribution in [0.1, 0.15) is 11.3 Å². The Balaban J connectivity index is 2.70. The van der Waals surface area contributed by atoms with E-state index < -0.39 is 24.1 Å². The summed E-state index contributed by atoms with van der Waals surface area (Å²) < 4.78 is 49.9. The van der Waals surface area contributed by atoms with Crippen molar-refractivity contribution in [2.45, 2.75) is 12.6 Å². The standard InChI is InChI=1S/C11H8F4N2O/c12-4-3-9-7-5-6(11(13,14)15)1-2-8(7)16-10(18)17-9/h1-2,5H,3-4H2,(H,16,17,18). The average molecular weight is 260 g/mol. The zero-order chi connectivity index (χ0) is 13.3. The lowest BCUT2D eigenvalue weighted by Crippen LogP contribution is -2.14. The number of H-pyrrole nitrogens is 1. The van der Waals surface area contributed by atoms with Crippen LogP contribution in [-0.4, -0.2) is 16.6 Å². The first-order chi connectivity index (χ1) is 8.41. The minimum Gasteiger partial charge on any atom is -0.309 e. The van der Waals surface area contributed by atoms with Gasteiger partial charge in [0.15, 0.2) is 0 Å². The van der Waals surface area contributed by atoms with E-state index in [2.05, 4.69) is 9.97 Å². The van der Waals surface area contributed by atoms with Crippen molar-refractivity contribution in [1.82, 2.24) is 9.97 Å². The minimum absolute atomic E-state index is 0.113. The Morgan fingerprint density at radius 3 is 2.61 bits per heavy atom. The molecule has 1 N–H and O–H groups in total. The fourth-order valence-electron chi connectivity index (χ4n) is 1.68. The summed E-state index contributed by atoms with van der Waals surface area (Å²) >= 11 is 0. The molecule has 7 heteroatoms. The van der Waals surface area contributed by atoms with Crippen LogP contribution in [0.5, 0.6) is 0 Å². The number of nitrogens with zero attached hydrogens (tertiary/aromatic N) is 1. The van der Waals surface area contributed by atoms with Gasteiger partial charge in [-0.05, 0) is 18.2 Å². The highest BCUT2D eigenvalue weighted by Crippen LogP contribution is 2.31. The maximum absolute atomic E-state index is 12.5. The number of benzene rings is 1. The quantitative estimate of drug-likeness (QED) is 0.843. The van der Waals surface area contributed by atoms with E-state index in [1.165, 1.54) is 0 Å². The van der Waals surface area contributed by atoms with E-state index in [1.807, 2.05) is 0 Å². The molecule has 0 fully saturated rings. The first-order valence-corrected chi connectivity index (χ1v) is 5.08. The van der Waals surface area contributed by atoms with Crippen LogP contribution in [0.3, 0.4) is 0 Å². The van der Waals surface area contributed by atoms with Crippen molar-refractivity contribution in [3.05, 3.63) is 39.9 Å². The smallest absolute Gasteiger partial charge is 0.309 e. The van der Waals surface area contributed by atoms with E-state index in [1.54, 1.807) is 0 Å². The highest BCUT2D eigenvalue weighted by molar-refractivity contribution is 5.81. The number of halogens is 4. The number of nitrogens with one attached hydrogen (secondary N) is 1. The molecule has 0 unspecified atom stereocenters. The van der Waals surface area contributed by atoms with Crippen LogP contribution >= 0.6 is 0 Å². The summed E-state index contributed by atoms with van der Waals surface area (Å²) in [5, 5.41) is 0.113. The van der Waals surface area contributed by atoms with Crippen LogP contribution in [-0.2, 0) is 12.6 Å². The number of rotatable bonds is 2. The summed E-state index contributed by atoms with van der Waals surface area (Å²) in [4.78, 5) is 16.9. The Morgan fingerprint density at radius 1 is 1.28 bits per heavy atom. The van der Waals surface area contributed by atoms with Crippen LogP contribution in [0.4, 0.5) is 17.6 Å². The Labute approximate surface area is 98.5 Å². The van der Waals surface area contributed by atoms with Crippen molar-refractivity contribution < 1.29 is 17.6 Å². The van der Waals surface area contributed by atoms with Gasteiger partial charge in [0.25, 0.3) is 0 Å². The molecular formula is C11H8F4N2O. The molecule has 0 saturated carbocycles. The first-order valence-electron chi connectivity index (χ1n) is 5.08. The number of fused-ring (bicyclic) bond motifs is 1. The summed E-state index contributed by atoms with van der Waals surface area (Å²) in [6, 6.07) is 2.81. The Kier molecular flexibility index (Phi) is 3.06. The van der Waals surface area contributed by atoms with Gasteiger partial charge in [-0.15, -0.1) is 0 Å². The number of aromatic amines is 1. The van der Waals surface area contributed by atoms with Gasteiger partial charge in [0, 0.05) is 17.5 Å². The largest absolute Gasteiger partial charge is 0.416 e. The lowest BCUT2D eigenvalue weighted by atomic mass is 10.1. The van der Waals surface area contributed by atoms with Gasteiger partial charge in [-0.1, -0.05) is 0 Å². The van der Waals surface area contributed by atoms with E-state index >= 15 is 0 Å². The summed E-state index contributed by atoms with van der Waals surface area (Å²) in [6.45, 7) is -0.773. The summed E-state index contributed by atoms with van der Waals surface area (Å²) in [7, 11) is 0. The molecule has 0 bridgehead atoms. The van der Waals surface area contributed by atoms with Gasteiger partial charge in [0.1, 0.15) is 0 Å². The van der Waals surface area contributed by atoms with Gasteiger partial charge in [-0.2, -0.15) is 18.2 Å². The average Bonchev–Trinajstić information content (AvgIpc) is 2.27. The van der Waals surface area contributed by atoms with Gasteiger partial charge < -0.3 is 4.98 Å². The van der Waals surface area contributed by atoms with E-state index in [0.717, 1.165) is 18.2 Å². The normalized spacial score (nSPS) is 12.0. The highest BCUT2D eigenvalue weighted by atomic mass is 19.4. The van der Waals surface area contributed by atoms with Crippen molar-refractivity contribution in [3.8, 4) is 0 Å². The van der Waals surface area contributed by atoms with E-state index in [-0.39, 0.29) is 23.0 Å². The SMILES string of the molecule is O=c1nc2ccc(C(F)(F)F)cc2c(CCF)[nH]1. The number of hydrogen-bond donors (Lipinski definition) is 1. The molecule has 2 aromatic rings. The van der Waals surface area contributed by atoms with Crippen molar-refractivity contribution >= 4 is 10.9 Å². The first kappa shape index (κ1) is 12.5. The molecule has 0 amide bonds. The van der Waals surface area contributed by atoms with Crippen LogP contribution < -0.4 is 5.69 Å². The molecule has 1 aromatic heterocycles. The van der Waals surface area contributed by atoms with E-state index in [0.29, 0.717) is 0 Å². The van der Waals surface area contributed by atoms with Crippen LogP contribution in [0.2, 0.25) is 0 Å². The lowest BCUT2D eigenvalue weighted by molar-refractivity contribution is -0.137. The van der Waals surface area contributed by atoms with E-state index in [9.17, 15) is 22.4 Å². The van der Waals surface area contributed by atoms with Crippen molar-refractivity contribution in [1.29, 1.82) is 0 Å². The molecule has 0 aliphatic carbocycles. The van der Waals surface area contributed by atoms with Gasteiger partial charge in [0.05, 0.1) is 17.8 Å². The van der Waals surface area contributed by atoms with Crippen molar-refractivity contribution in [2.24, 2.45) is 0 Å². The third-order valence-electron chi connectivity index (χ3n) is 2.47. The molecule has 0 aliphatic heterocycles. The Hall–Kier alpha value is -1.92. The second-order valence-electron chi connectivity index (χ2n) is 3.69. The fourth-order valence-corrected chi connectivity index (χ4v) is 1.68. The number of alkyl halides is 4. The van der Waals surface area contributed by atoms with Crippen molar-refractivity contribution in [3.63, 3.8) is 0 Å².